The quantitative estimate of drug-likeness (QED) is 0.247. The summed E-state index contributed by atoms with van der Waals surface area (Å²) in [4.78, 5) is 25.8. The van der Waals surface area contributed by atoms with E-state index in [1.807, 2.05) is 0 Å². The monoisotopic (exact) mass is 580 g/mol. The van der Waals surface area contributed by atoms with Gasteiger partial charge < -0.3 is 19.1 Å². The summed E-state index contributed by atoms with van der Waals surface area (Å²) in [5, 5.41) is 2.55. The van der Waals surface area contributed by atoms with E-state index in [2.05, 4.69) is 5.32 Å². The van der Waals surface area contributed by atoms with Gasteiger partial charge in [0.25, 0.3) is 5.91 Å². The van der Waals surface area contributed by atoms with E-state index in [-0.39, 0.29) is 41.0 Å². The third-order valence-electron chi connectivity index (χ3n) is 5.94. The number of anilines is 1. The van der Waals surface area contributed by atoms with Crippen LogP contribution < -0.4 is 14.2 Å². The summed E-state index contributed by atoms with van der Waals surface area (Å²) in [6.07, 6.45) is 0. The fourth-order valence-electron chi connectivity index (χ4n) is 3.99. The van der Waals surface area contributed by atoms with Crippen molar-refractivity contribution in [2.45, 2.75) is 24.9 Å². The van der Waals surface area contributed by atoms with Gasteiger partial charge in [0.05, 0.1) is 12.7 Å². The van der Waals surface area contributed by atoms with Gasteiger partial charge in [0, 0.05) is 25.7 Å². The van der Waals surface area contributed by atoms with Crippen molar-refractivity contribution in [3.8, 4) is 11.5 Å². The number of halogens is 2. The summed E-state index contributed by atoms with van der Waals surface area (Å²) in [5.74, 6) is -2.06. The third-order valence-corrected chi connectivity index (χ3v) is 7.19. The zero-order valence-electron chi connectivity index (χ0n) is 22.1. The molecule has 0 bridgehead atoms. The van der Waals surface area contributed by atoms with Crippen molar-refractivity contribution >= 4 is 27.6 Å². The highest BCUT2D eigenvalue weighted by Crippen LogP contribution is 2.32. The highest BCUT2D eigenvalue weighted by atomic mass is 32.2. The predicted octanol–water partition coefficient (Wildman–Crippen LogP) is 5.54. The minimum absolute atomic E-state index is 0.0224. The van der Waals surface area contributed by atoms with Crippen LogP contribution in [0.5, 0.6) is 11.5 Å². The molecule has 4 aromatic rings. The van der Waals surface area contributed by atoms with Gasteiger partial charge in [0.2, 0.25) is 5.91 Å². The van der Waals surface area contributed by atoms with Gasteiger partial charge in [-0.05, 0) is 71.8 Å². The first-order valence-electron chi connectivity index (χ1n) is 12.3. The molecule has 4 rings (SSSR count). The maximum atomic E-state index is 14.5. The second-order valence-electron chi connectivity index (χ2n) is 9.00. The lowest BCUT2D eigenvalue weighted by atomic mass is 10.1. The molecule has 0 atom stereocenters. The van der Waals surface area contributed by atoms with Gasteiger partial charge in [-0.25, -0.2) is 8.78 Å². The molecule has 0 unspecified atom stereocenters. The highest BCUT2D eigenvalue weighted by Gasteiger charge is 2.23. The van der Waals surface area contributed by atoms with E-state index in [0.717, 1.165) is 0 Å². The molecule has 0 radical (unpaired) electrons. The lowest BCUT2D eigenvalue weighted by Crippen LogP contribution is -2.30. The van der Waals surface area contributed by atoms with Gasteiger partial charge >= 0.3 is 10.1 Å². The van der Waals surface area contributed by atoms with Crippen molar-refractivity contribution in [2.24, 2.45) is 0 Å². The van der Waals surface area contributed by atoms with E-state index in [1.54, 1.807) is 12.1 Å². The van der Waals surface area contributed by atoms with E-state index in [0.29, 0.717) is 16.8 Å². The van der Waals surface area contributed by atoms with Crippen LogP contribution in [0.15, 0.2) is 95.9 Å². The SMILES string of the molecule is COc1ccc(CN(Cc2ccc(F)cc2)C(=O)c2ccccc2F)cc1OS(=O)(=O)c1ccc(NC(C)=O)cc1. The Morgan fingerprint density at radius 1 is 0.829 bits per heavy atom. The van der Waals surface area contributed by atoms with Crippen molar-refractivity contribution in [1.82, 2.24) is 4.90 Å². The summed E-state index contributed by atoms with van der Waals surface area (Å²) in [6.45, 7) is 1.29. The molecule has 4 aromatic carbocycles. The van der Waals surface area contributed by atoms with Gasteiger partial charge in [-0.15, -0.1) is 0 Å². The molecule has 0 saturated carbocycles. The van der Waals surface area contributed by atoms with Crippen LogP contribution in [0.3, 0.4) is 0 Å². The lowest BCUT2D eigenvalue weighted by Gasteiger charge is -2.24. The molecule has 0 saturated heterocycles. The second-order valence-corrected chi connectivity index (χ2v) is 10.5. The summed E-state index contributed by atoms with van der Waals surface area (Å²) in [5.41, 5.74) is 1.33. The number of hydrogen-bond acceptors (Lipinski definition) is 6. The average Bonchev–Trinajstić information content (AvgIpc) is 2.94. The number of nitrogens with one attached hydrogen (secondary N) is 1. The van der Waals surface area contributed by atoms with E-state index in [4.69, 9.17) is 8.92 Å². The van der Waals surface area contributed by atoms with Gasteiger partial charge in [0.1, 0.15) is 16.5 Å². The Morgan fingerprint density at radius 3 is 2.10 bits per heavy atom. The van der Waals surface area contributed by atoms with Crippen molar-refractivity contribution in [3.63, 3.8) is 0 Å². The Hall–Kier alpha value is -4.77. The largest absolute Gasteiger partial charge is 0.493 e. The maximum Gasteiger partial charge on any atom is 0.339 e. The number of nitrogens with zero attached hydrogens (tertiary/aromatic N) is 1. The fraction of sp³-hybridized carbons (Fsp3) is 0.133. The van der Waals surface area contributed by atoms with Crippen LogP contribution in [-0.4, -0.2) is 32.2 Å². The molecule has 0 aliphatic carbocycles. The van der Waals surface area contributed by atoms with E-state index in [9.17, 15) is 26.8 Å². The molecule has 0 heterocycles. The number of amides is 2. The van der Waals surface area contributed by atoms with E-state index < -0.39 is 27.7 Å². The molecule has 8 nitrogen and oxygen atoms in total. The lowest BCUT2D eigenvalue weighted by molar-refractivity contribution is -0.114. The smallest absolute Gasteiger partial charge is 0.339 e. The first-order chi connectivity index (χ1) is 19.6. The van der Waals surface area contributed by atoms with Crippen LogP contribution in [0.25, 0.3) is 0 Å². The normalized spacial score (nSPS) is 11.0. The fourth-order valence-corrected chi connectivity index (χ4v) is 4.93. The Kier molecular flexibility index (Phi) is 8.98. The minimum Gasteiger partial charge on any atom is -0.493 e. The van der Waals surface area contributed by atoms with Gasteiger partial charge in [-0.1, -0.05) is 30.3 Å². The molecule has 212 valence electrons. The van der Waals surface area contributed by atoms with Crippen LogP contribution in [0.2, 0.25) is 0 Å². The number of carbonyl (C=O) groups is 2. The number of carbonyl (C=O) groups excluding carboxylic acids is 2. The van der Waals surface area contributed by atoms with Crippen molar-refractivity contribution in [1.29, 1.82) is 0 Å². The zero-order valence-corrected chi connectivity index (χ0v) is 23.0. The second kappa shape index (κ2) is 12.6. The number of rotatable bonds is 10. The van der Waals surface area contributed by atoms with Gasteiger partial charge in [0.15, 0.2) is 11.5 Å². The molecule has 0 aliphatic rings. The Labute approximate surface area is 236 Å². The Bertz CT molecular complexity index is 1660. The van der Waals surface area contributed by atoms with Crippen LogP contribution >= 0.6 is 0 Å². The third kappa shape index (κ3) is 7.46. The first kappa shape index (κ1) is 29.2. The number of methoxy groups -OCH3 is 1. The van der Waals surface area contributed by atoms with Crippen LogP contribution in [-0.2, 0) is 28.0 Å². The van der Waals surface area contributed by atoms with Crippen molar-refractivity contribution < 1.29 is 35.7 Å². The molecule has 1 N–H and O–H groups in total. The van der Waals surface area contributed by atoms with Crippen LogP contribution in [0.1, 0.15) is 28.4 Å². The summed E-state index contributed by atoms with van der Waals surface area (Å²) in [6, 6.07) is 21.0. The summed E-state index contributed by atoms with van der Waals surface area (Å²) in [7, 11) is -2.97. The van der Waals surface area contributed by atoms with Gasteiger partial charge in [-0.3, -0.25) is 9.59 Å². The predicted molar refractivity (Wildman–Crippen MR) is 148 cm³/mol. The molecule has 2 amide bonds. The number of benzene rings is 4. The van der Waals surface area contributed by atoms with Crippen LogP contribution in [0.4, 0.5) is 14.5 Å². The molecule has 11 heteroatoms. The molecular formula is C30H26F2N2O6S. The Balaban J connectivity index is 1.63. The van der Waals surface area contributed by atoms with Crippen molar-refractivity contribution in [3.05, 3.63) is 119 Å². The average molecular weight is 581 g/mol. The number of hydrogen-bond donors (Lipinski definition) is 1. The van der Waals surface area contributed by atoms with Gasteiger partial charge in [-0.2, -0.15) is 8.42 Å². The minimum atomic E-state index is -4.31. The maximum absolute atomic E-state index is 14.5. The standard InChI is InChI=1S/C30H26F2N2O6S/c1-20(35)33-24-12-14-25(15-13-24)41(37,38)40-29-17-22(9-16-28(29)39-2)19-34(18-21-7-10-23(31)11-8-21)30(36)26-5-3-4-6-27(26)32/h3-17H,18-19H2,1-2H3,(H,33,35). The summed E-state index contributed by atoms with van der Waals surface area (Å²) < 4.78 is 64.7. The first-order valence-corrected chi connectivity index (χ1v) is 13.7. The summed E-state index contributed by atoms with van der Waals surface area (Å²) >= 11 is 0. The number of ether oxygens (including phenoxy) is 1. The molecule has 0 aromatic heterocycles. The topological polar surface area (TPSA) is 102 Å². The zero-order chi connectivity index (χ0) is 29.6. The molecule has 0 fully saturated rings. The molecule has 41 heavy (non-hydrogen) atoms. The van der Waals surface area contributed by atoms with E-state index >= 15 is 0 Å². The molecule has 0 aliphatic heterocycles. The van der Waals surface area contributed by atoms with E-state index in [1.165, 1.54) is 97.8 Å². The molecular weight excluding hydrogens is 554 g/mol. The van der Waals surface area contributed by atoms with Crippen LogP contribution in [0, 0.1) is 11.6 Å². The molecule has 0 spiro atoms. The highest BCUT2D eigenvalue weighted by molar-refractivity contribution is 7.87. The Morgan fingerprint density at radius 2 is 1.46 bits per heavy atom. The van der Waals surface area contributed by atoms with Crippen molar-refractivity contribution in [2.75, 3.05) is 12.4 Å².